The van der Waals surface area contributed by atoms with Gasteiger partial charge in [-0.15, -0.1) is 0 Å². The summed E-state index contributed by atoms with van der Waals surface area (Å²) in [4.78, 5) is 7.27. The molecule has 0 saturated heterocycles. The predicted octanol–water partition coefficient (Wildman–Crippen LogP) is 4.04. The first-order chi connectivity index (χ1) is 10.3. The summed E-state index contributed by atoms with van der Waals surface area (Å²) in [7, 11) is 0. The second-order valence-electron chi connectivity index (χ2n) is 5.35. The van der Waals surface area contributed by atoms with Crippen LogP contribution in [0.5, 0.6) is 5.75 Å². The molecule has 21 heavy (non-hydrogen) atoms. The number of benzene rings is 1. The molecule has 4 nitrogen and oxygen atoms in total. The van der Waals surface area contributed by atoms with Crippen LogP contribution < -0.4 is 4.74 Å². The summed E-state index contributed by atoms with van der Waals surface area (Å²) >= 11 is 6.02. The number of imidazole rings is 1. The zero-order valence-electron chi connectivity index (χ0n) is 11.6. The highest BCUT2D eigenvalue weighted by Gasteiger charge is 2.24. The van der Waals surface area contributed by atoms with Crippen molar-refractivity contribution < 1.29 is 4.74 Å². The lowest BCUT2D eigenvalue weighted by Gasteiger charge is -2.28. The number of aromatic amines is 1. The number of halogens is 1. The number of H-pyrrole nitrogens is 1. The van der Waals surface area contributed by atoms with Crippen molar-refractivity contribution in [3.63, 3.8) is 0 Å². The topological polar surface area (TPSA) is 61.7 Å². The number of ether oxygens (including phenoxy) is 1. The zero-order chi connectivity index (χ0) is 14.7. The molecule has 0 spiro atoms. The number of nitriles is 1. The van der Waals surface area contributed by atoms with Crippen LogP contribution in [0.15, 0.2) is 30.7 Å². The Morgan fingerprint density at radius 2 is 2.10 bits per heavy atom. The Kier molecular flexibility index (Phi) is 4.12. The standard InChI is InChI=1S/C16H16ClN3O/c17-15-7-14(6-3-12(15)8-18)21-13-4-1-11(2-5-13)16-9-19-10-20-16/h3,6-7,9-11,13H,1-2,4-5H2,(H,19,20)/t11-,13-. The molecule has 1 heterocycles. The summed E-state index contributed by atoms with van der Waals surface area (Å²) in [6, 6.07) is 7.29. The third-order valence-electron chi connectivity index (χ3n) is 4.00. The van der Waals surface area contributed by atoms with Gasteiger partial charge in [-0.25, -0.2) is 4.98 Å². The number of nitrogens with zero attached hydrogens (tertiary/aromatic N) is 2. The highest BCUT2D eigenvalue weighted by atomic mass is 35.5. The second kappa shape index (κ2) is 6.19. The largest absolute Gasteiger partial charge is 0.490 e. The van der Waals surface area contributed by atoms with Gasteiger partial charge in [-0.1, -0.05) is 11.6 Å². The molecule has 0 bridgehead atoms. The van der Waals surface area contributed by atoms with E-state index in [9.17, 15) is 0 Å². The van der Waals surface area contributed by atoms with Gasteiger partial charge in [0.05, 0.1) is 23.0 Å². The minimum absolute atomic E-state index is 0.216. The van der Waals surface area contributed by atoms with Crippen LogP contribution in [0, 0.1) is 11.3 Å². The Morgan fingerprint density at radius 3 is 2.71 bits per heavy atom. The van der Waals surface area contributed by atoms with Crippen molar-refractivity contribution in [2.24, 2.45) is 0 Å². The lowest BCUT2D eigenvalue weighted by atomic mass is 9.85. The van der Waals surface area contributed by atoms with Crippen molar-refractivity contribution >= 4 is 11.6 Å². The molecular formula is C16H16ClN3O. The van der Waals surface area contributed by atoms with E-state index in [-0.39, 0.29) is 6.10 Å². The summed E-state index contributed by atoms with van der Waals surface area (Å²) in [5.41, 5.74) is 1.70. The first-order valence-corrected chi connectivity index (χ1v) is 7.48. The lowest BCUT2D eigenvalue weighted by molar-refractivity contribution is 0.146. The van der Waals surface area contributed by atoms with E-state index in [1.54, 1.807) is 18.5 Å². The van der Waals surface area contributed by atoms with Gasteiger partial charge in [-0.3, -0.25) is 0 Å². The number of hydrogen-bond donors (Lipinski definition) is 1. The molecule has 1 aromatic carbocycles. The zero-order valence-corrected chi connectivity index (χ0v) is 12.3. The van der Waals surface area contributed by atoms with E-state index < -0.39 is 0 Å². The van der Waals surface area contributed by atoms with Gasteiger partial charge < -0.3 is 9.72 Å². The first kappa shape index (κ1) is 14.0. The Labute approximate surface area is 128 Å². The van der Waals surface area contributed by atoms with Crippen molar-refractivity contribution in [3.8, 4) is 11.8 Å². The van der Waals surface area contributed by atoms with Gasteiger partial charge in [0.2, 0.25) is 0 Å². The van der Waals surface area contributed by atoms with Gasteiger partial charge in [0.15, 0.2) is 0 Å². The van der Waals surface area contributed by atoms with Crippen LogP contribution in [0.3, 0.4) is 0 Å². The summed E-state index contributed by atoms with van der Waals surface area (Å²) < 4.78 is 5.98. The van der Waals surface area contributed by atoms with E-state index in [4.69, 9.17) is 21.6 Å². The summed E-state index contributed by atoms with van der Waals surface area (Å²) in [6.07, 6.45) is 8.08. The van der Waals surface area contributed by atoms with E-state index in [0.717, 1.165) is 31.4 Å². The van der Waals surface area contributed by atoms with Crippen LogP contribution in [0.25, 0.3) is 0 Å². The van der Waals surface area contributed by atoms with Gasteiger partial charge in [-0.2, -0.15) is 5.26 Å². The SMILES string of the molecule is N#Cc1ccc(O[C@H]2CC[C@H](c3cnc[nH]3)CC2)cc1Cl. The molecule has 1 aromatic heterocycles. The maximum atomic E-state index is 8.87. The van der Waals surface area contributed by atoms with E-state index in [0.29, 0.717) is 16.5 Å². The fourth-order valence-corrected chi connectivity index (χ4v) is 3.05. The number of rotatable bonds is 3. The fraction of sp³-hybridized carbons (Fsp3) is 0.375. The van der Waals surface area contributed by atoms with E-state index in [1.165, 1.54) is 5.69 Å². The Bertz CT molecular complexity index is 640. The van der Waals surface area contributed by atoms with Crippen molar-refractivity contribution in [1.29, 1.82) is 5.26 Å². The molecule has 1 aliphatic rings. The summed E-state index contributed by atoms with van der Waals surface area (Å²) in [5.74, 6) is 1.29. The molecule has 1 aliphatic carbocycles. The minimum atomic E-state index is 0.216. The average molecular weight is 302 g/mol. The lowest BCUT2D eigenvalue weighted by Crippen LogP contribution is -2.23. The van der Waals surface area contributed by atoms with Crippen LogP contribution in [-0.2, 0) is 0 Å². The molecule has 0 atom stereocenters. The van der Waals surface area contributed by atoms with Gasteiger partial charge in [0.1, 0.15) is 11.8 Å². The maximum absolute atomic E-state index is 8.87. The highest BCUT2D eigenvalue weighted by molar-refractivity contribution is 6.31. The Balaban J connectivity index is 1.58. The molecule has 0 unspecified atom stereocenters. The first-order valence-electron chi connectivity index (χ1n) is 7.11. The molecule has 1 saturated carbocycles. The molecule has 0 amide bonds. The average Bonchev–Trinajstić information content (AvgIpc) is 3.02. The van der Waals surface area contributed by atoms with Crippen molar-refractivity contribution in [2.75, 3.05) is 0 Å². The smallest absolute Gasteiger partial charge is 0.121 e. The van der Waals surface area contributed by atoms with Gasteiger partial charge >= 0.3 is 0 Å². The quantitative estimate of drug-likeness (QED) is 0.930. The number of aromatic nitrogens is 2. The van der Waals surface area contributed by atoms with Gasteiger partial charge in [-0.05, 0) is 37.8 Å². The molecule has 1 fully saturated rings. The molecule has 5 heteroatoms. The van der Waals surface area contributed by atoms with Gasteiger partial charge in [0, 0.05) is 23.9 Å². The summed E-state index contributed by atoms with van der Waals surface area (Å²) in [6.45, 7) is 0. The van der Waals surface area contributed by atoms with Crippen LogP contribution in [0.4, 0.5) is 0 Å². The van der Waals surface area contributed by atoms with Crippen molar-refractivity contribution in [3.05, 3.63) is 47.0 Å². The molecular weight excluding hydrogens is 286 g/mol. The van der Waals surface area contributed by atoms with E-state index >= 15 is 0 Å². The Morgan fingerprint density at radius 1 is 1.29 bits per heavy atom. The minimum Gasteiger partial charge on any atom is -0.490 e. The number of hydrogen-bond acceptors (Lipinski definition) is 3. The molecule has 0 aliphatic heterocycles. The maximum Gasteiger partial charge on any atom is 0.121 e. The third kappa shape index (κ3) is 3.20. The van der Waals surface area contributed by atoms with E-state index in [1.807, 2.05) is 12.3 Å². The van der Waals surface area contributed by atoms with Crippen LogP contribution in [0.1, 0.15) is 42.9 Å². The van der Waals surface area contributed by atoms with Crippen molar-refractivity contribution in [2.45, 2.75) is 37.7 Å². The molecule has 1 N–H and O–H groups in total. The number of nitrogens with one attached hydrogen (secondary N) is 1. The second-order valence-corrected chi connectivity index (χ2v) is 5.76. The van der Waals surface area contributed by atoms with Gasteiger partial charge in [0.25, 0.3) is 0 Å². The van der Waals surface area contributed by atoms with Crippen LogP contribution >= 0.6 is 11.6 Å². The highest BCUT2D eigenvalue weighted by Crippen LogP contribution is 2.34. The van der Waals surface area contributed by atoms with Crippen LogP contribution in [-0.4, -0.2) is 16.1 Å². The molecule has 2 aromatic rings. The predicted molar refractivity (Wildman–Crippen MR) is 80.4 cm³/mol. The fourth-order valence-electron chi connectivity index (χ4n) is 2.83. The van der Waals surface area contributed by atoms with Crippen LogP contribution in [0.2, 0.25) is 5.02 Å². The van der Waals surface area contributed by atoms with E-state index in [2.05, 4.69) is 16.0 Å². The van der Waals surface area contributed by atoms with Crippen molar-refractivity contribution in [1.82, 2.24) is 9.97 Å². The monoisotopic (exact) mass is 301 g/mol. The summed E-state index contributed by atoms with van der Waals surface area (Å²) in [5, 5.41) is 9.31. The Hall–Kier alpha value is -1.99. The molecule has 108 valence electrons. The normalized spacial score (nSPS) is 21.7. The molecule has 0 radical (unpaired) electrons. The molecule has 3 rings (SSSR count). The third-order valence-corrected chi connectivity index (χ3v) is 4.31.